The molecular formula is C11H12BrF3N2OS. The van der Waals surface area contributed by atoms with Crippen molar-refractivity contribution in [3.05, 3.63) is 22.7 Å². The quantitative estimate of drug-likeness (QED) is 0.800. The van der Waals surface area contributed by atoms with Crippen LogP contribution >= 0.6 is 28.1 Å². The van der Waals surface area contributed by atoms with Gasteiger partial charge in [0.1, 0.15) is 5.75 Å². The molecule has 0 aliphatic rings. The molecule has 0 atom stereocenters. The van der Waals surface area contributed by atoms with Crippen LogP contribution in [0.5, 0.6) is 5.75 Å². The Balaban J connectivity index is 2.74. The predicted molar refractivity (Wildman–Crippen MR) is 75.3 cm³/mol. The highest BCUT2D eigenvalue weighted by molar-refractivity contribution is 9.10. The molecular weight excluding hydrogens is 345 g/mol. The minimum Gasteiger partial charge on any atom is -0.405 e. The lowest BCUT2D eigenvalue weighted by atomic mass is 10.3. The summed E-state index contributed by atoms with van der Waals surface area (Å²) in [6.45, 7) is 3.84. The third-order valence-corrected chi connectivity index (χ3v) is 2.67. The second kappa shape index (κ2) is 6.42. The highest BCUT2D eigenvalue weighted by Crippen LogP contribution is 2.32. The fourth-order valence-corrected chi connectivity index (χ4v) is 2.03. The maximum Gasteiger partial charge on any atom is 0.573 e. The van der Waals surface area contributed by atoms with E-state index in [1.165, 1.54) is 18.2 Å². The molecule has 1 aromatic carbocycles. The van der Waals surface area contributed by atoms with Gasteiger partial charge in [0, 0.05) is 11.7 Å². The molecule has 0 aliphatic carbocycles. The Kier molecular flexibility index (Phi) is 5.42. The van der Waals surface area contributed by atoms with Gasteiger partial charge in [0.15, 0.2) is 5.11 Å². The summed E-state index contributed by atoms with van der Waals surface area (Å²) in [4.78, 5) is 0. The van der Waals surface area contributed by atoms with E-state index in [1.807, 2.05) is 13.8 Å². The Morgan fingerprint density at radius 1 is 1.37 bits per heavy atom. The van der Waals surface area contributed by atoms with Crippen LogP contribution in [0.3, 0.4) is 0 Å². The maximum absolute atomic E-state index is 12.1. The molecule has 0 amide bonds. The molecule has 0 unspecified atom stereocenters. The van der Waals surface area contributed by atoms with Gasteiger partial charge in [-0.2, -0.15) is 0 Å². The summed E-state index contributed by atoms with van der Waals surface area (Å²) in [7, 11) is 0. The van der Waals surface area contributed by atoms with Gasteiger partial charge in [-0.25, -0.2) is 0 Å². The number of benzene rings is 1. The smallest absolute Gasteiger partial charge is 0.405 e. The van der Waals surface area contributed by atoms with Crippen LogP contribution in [0.15, 0.2) is 22.7 Å². The molecule has 0 saturated carbocycles. The standard InChI is InChI=1S/C11H12BrF3N2OS/c1-6(2)16-10(19)17-7-3-4-9(8(12)5-7)18-11(13,14)15/h3-6H,1-2H3,(H2,16,17,19). The van der Waals surface area contributed by atoms with Crippen LogP contribution in [0.2, 0.25) is 0 Å². The second-order valence-corrected chi connectivity index (χ2v) is 5.21. The third-order valence-electron chi connectivity index (χ3n) is 1.84. The summed E-state index contributed by atoms with van der Waals surface area (Å²) in [6.07, 6.45) is -4.72. The maximum atomic E-state index is 12.1. The summed E-state index contributed by atoms with van der Waals surface area (Å²) in [5, 5.41) is 6.21. The van der Waals surface area contributed by atoms with E-state index >= 15 is 0 Å². The lowest BCUT2D eigenvalue weighted by molar-refractivity contribution is -0.274. The highest BCUT2D eigenvalue weighted by Gasteiger charge is 2.31. The Bertz CT molecular complexity index is 466. The van der Waals surface area contributed by atoms with Crippen LogP contribution in [0.4, 0.5) is 18.9 Å². The fraction of sp³-hybridized carbons (Fsp3) is 0.364. The van der Waals surface area contributed by atoms with Crippen molar-refractivity contribution in [2.45, 2.75) is 26.3 Å². The third kappa shape index (κ3) is 6.11. The molecule has 0 bridgehead atoms. The number of alkyl halides is 3. The molecule has 0 radical (unpaired) electrons. The molecule has 106 valence electrons. The van der Waals surface area contributed by atoms with Crippen molar-refractivity contribution in [1.29, 1.82) is 0 Å². The van der Waals surface area contributed by atoms with Crippen molar-refractivity contribution in [3.63, 3.8) is 0 Å². The molecule has 0 spiro atoms. The molecule has 1 aromatic rings. The average molecular weight is 357 g/mol. The number of hydrogen-bond acceptors (Lipinski definition) is 2. The minimum atomic E-state index is -4.72. The predicted octanol–water partition coefficient (Wildman–Crippen LogP) is 4.04. The zero-order valence-corrected chi connectivity index (χ0v) is 12.5. The Morgan fingerprint density at radius 3 is 2.47 bits per heavy atom. The summed E-state index contributed by atoms with van der Waals surface area (Å²) >= 11 is 8.04. The number of halogens is 4. The number of anilines is 1. The SMILES string of the molecule is CC(C)NC(=S)Nc1ccc(OC(F)(F)F)c(Br)c1. The van der Waals surface area contributed by atoms with Crippen LogP contribution < -0.4 is 15.4 Å². The first-order valence-corrected chi connectivity index (χ1v) is 6.50. The average Bonchev–Trinajstić information content (AvgIpc) is 2.19. The number of ether oxygens (including phenoxy) is 1. The molecule has 1 rings (SSSR count). The lowest BCUT2D eigenvalue weighted by Crippen LogP contribution is -2.33. The molecule has 0 fully saturated rings. The summed E-state index contributed by atoms with van der Waals surface area (Å²) in [5.41, 5.74) is 0.555. The molecule has 0 aliphatic heterocycles. The van der Waals surface area contributed by atoms with Crippen LogP contribution in [0.1, 0.15) is 13.8 Å². The van der Waals surface area contributed by atoms with Crippen LogP contribution in [-0.2, 0) is 0 Å². The van der Waals surface area contributed by atoms with E-state index in [0.29, 0.717) is 10.8 Å². The lowest BCUT2D eigenvalue weighted by Gasteiger charge is -2.15. The number of thiocarbonyl (C=S) groups is 1. The van der Waals surface area contributed by atoms with E-state index in [1.54, 1.807) is 0 Å². The van der Waals surface area contributed by atoms with Crippen LogP contribution in [-0.4, -0.2) is 17.5 Å². The summed E-state index contributed by atoms with van der Waals surface area (Å²) in [6, 6.07) is 4.27. The molecule has 8 heteroatoms. The van der Waals surface area contributed by atoms with Crippen molar-refractivity contribution in [2.24, 2.45) is 0 Å². The molecule has 19 heavy (non-hydrogen) atoms. The van der Waals surface area contributed by atoms with Gasteiger partial charge in [0.05, 0.1) is 4.47 Å². The van der Waals surface area contributed by atoms with E-state index < -0.39 is 6.36 Å². The van der Waals surface area contributed by atoms with Crippen molar-refractivity contribution in [2.75, 3.05) is 5.32 Å². The summed E-state index contributed by atoms with van der Waals surface area (Å²) < 4.78 is 40.3. The summed E-state index contributed by atoms with van der Waals surface area (Å²) in [5.74, 6) is -0.305. The Morgan fingerprint density at radius 2 is 2.00 bits per heavy atom. The van der Waals surface area contributed by atoms with Gasteiger partial charge >= 0.3 is 6.36 Å². The van der Waals surface area contributed by atoms with Gasteiger partial charge in [-0.05, 0) is 60.2 Å². The molecule has 0 aromatic heterocycles. The molecule has 0 heterocycles. The number of rotatable bonds is 3. The van der Waals surface area contributed by atoms with E-state index in [2.05, 4.69) is 31.3 Å². The molecule has 2 N–H and O–H groups in total. The molecule has 0 saturated heterocycles. The first kappa shape index (κ1) is 16.0. The number of nitrogens with one attached hydrogen (secondary N) is 2. The van der Waals surface area contributed by atoms with Gasteiger partial charge in [-0.3, -0.25) is 0 Å². The van der Waals surface area contributed by atoms with Crippen molar-refractivity contribution >= 4 is 38.9 Å². The van der Waals surface area contributed by atoms with Gasteiger partial charge < -0.3 is 15.4 Å². The topological polar surface area (TPSA) is 33.3 Å². The van der Waals surface area contributed by atoms with E-state index in [-0.39, 0.29) is 16.3 Å². The monoisotopic (exact) mass is 356 g/mol. The highest BCUT2D eigenvalue weighted by atomic mass is 79.9. The van der Waals surface area contributed by atoms with Gasteiger partial charge in [0.25, 0.3) is 0 Å². The first-order valence-electron chi connectivity index (χ1n) is 5.30. The van der Waals surface area contributed by atoms with Gasteiger partial charge in [-0.15, -0.1) is 13.2 Å². The van der Waals surface area contributed by atoms with Crippen LogP contribution in [0, 0.1) is 0 Å². The van der Waals surface area contributed by atoms with E-state index in [4.69, 9.17) is 12.2 Å². The van der Waals surface area contributed by atoms with Crippen molar-refractivity contribution in [1.82, 2.24) is 5.32 Å². The van der Waals surface area contributed by atoms with E-state index in [0.717, 1.165) is 0 Å². The Labute approximate surface area is 122 Å². The van der Waals surface area contributed by atoms with Gasteiger partial charge in [0.2, 0.25) is 0 Å². The fourth-order valence-electron chi connectivity index (χ4n) is 1.22. The number of hydrogen-bond donors (Lipinski definition) is 2. The minimum absolute atomic E-state index is 0.163. The zero-order valence-electron chi connectivity index (χ0n) is 10.1. The normalized spacial score (nSPS) is 11.3. The largest absolute Gasteiger partial charge is 0.573 e. The Hall–Kier alpha value is -1.02. The van der Waals surface area contributed by atoms with Crippen molar-refractivity contribution in [3.8, 4) is 5.75 Å². The molecule has 3 nitrogen and oxygen atoms in total. The van der Waals surface area contributed by atoms with Crippen molar-refractivity contribution < 1.29 is 17.9 Å². The van der Waals surface area contributed by atoms with Crippen LogP contribution in [0.25, 0.3) is 0 Å². The van der Waals surface area contributed by atoms with E-state index in [9.17, 15) is 13.2 Å². The second-order valence-electron chi connectivity index (χ2n) is 3.95. The zero-order chi connectivity index (χ0) is 14.6. The first-order chi connectivity index (χ1) is 8.67. The van der Waals surface area contributed by atoms with Gasteiger partial charge in [-0.1, -0.05) is 0 Å².